The molecular formula is C15H31Na. The molecule has 0 aromatic carbocycles. The van der Waals surface area contributed by atoms with Gasteiger partial charge >= 0.3 is 122 Å². The quantitative estimate of drug-likeness (QED) is 0.326. The molecule has 0 nitrogen and oxygen atoms in total. The zero-order chi connectivity index (χ0) is 12.2. The van der Waals surface area contributed by atoms with Crippen molar-refractivity contribution in [1.29, 1.82) is 0 Å². The summed E-state index contributed by atoms with van der Waals surface area (Å²) in [5.41, 5.74) is 0. The van der Waals surface area contributed by atoms with E-state index >= 15 is 0 Å². The van der Waals surface area contributed by atoms with Gasteiger partial charge in [-0.3, -0.25) is 0 Å². The zero-order valence-electron chi connectivity index (χ0n) is 12.2. The Labute approximate surface area is 121 Å². The van der Waals surface area contributed by atoms with Crippen LogP contribution in [-0.4, -0.2) is 27.9 Å². The van der Waals surface area contributed by atoms with Crippen LogP contribution in [0.3, 0.4) is 0 Å². The van der Waals surface area contributed by atoms with Crippen molar-refractivity contribution >= 4 is 27.9 Å². The van der Waals surface area contributed by atoms with Crippen molar-refractivity contribution in [2.24, 2.45) is 5.92 Å². The van der Waals surface area contributed by atoms with Crippen LogP contribution in [0.4, 0.5) is 0 Å². The third-order valence-electron chi connectivity index (χ3n) is 3.54. The van der Waals surface area contributed by atoms with Crippen LogP contribution in [0.2, 0.25) is 3.17 Å². The van der Waals surface area contributed by atoms with Crippen molar-refractivity contribution in [3.63, 3.8) is 0 Å². The summed E-state index contributed by atoms with van der Waals surface area (Å²) >= 11 is 1.41. The molecule has 0 aromatic rings. The van der Waals surface area contributed by atoms with Crippen LogP contribution in [0.15, 0.2) is 0 Å². The van der Waals surface area contributed by atoms with E-state index in [1.807, 2.05) is 0 Å². The van der Waals surface area contributed by atoms with Crippen LogP contribution in [-0.2, 0) is 0 Å². The molecule has 92 valence electrons. The number of unbranched alkanes of at least 4 members (excludes halogenated alkanes) is 6. The summed E-state index contributed by atoms with van der Waals surface area (Å²) in [4.78, 5) is 0. The van der Waals surface area contributed by atoms with Gasteiger partial charge in [0.25, 0.3) is 0 Å². The molecule has 1 atom stereocenters. The van der Waals surface area contributed by atoms with Crippen LogP contribution in [0.25, 0.3) is 0 Å². The van der Waals surface area contributed by atoms with Gasteiger partial charge in [0.15, 0.2) is 0 Å². The molecule has 1 unspecified atom stereocenters. The molecule has 0 amide bonds. The summed E-state index contributed by atoms with van der Waals surface area (Å²) in [5.74, 6) is 0.908. The zero-order valence-corrected chi connectivity index (χ0v) is 14.2. The fraction of sp³-hybridized carbons (Fsp3) is 1.00. The summed E-state index contributed by atoms with van der Waals surface area (Å²) in [7, 11) is 0. The Morgan fingerprint density at radius 1 is 0.750 bits per heavy atom. The Morgan fingerprint density at radius 2 is 1.31 bits per heavy atom. The first-order valence-electron chi connectivity index (χ1n) is 7.66. The van der Waals surface area contributed by atoms with Gasteiger partial charge in [0.2, 0.25) is 0 Å². The van der Waals surface area contributed by atoms with E-state index < -0.39 is 0 Å². The molecule has 16 heavy (non-hydrogen) atoms. The third-order valence-corrected chi connectivity index (χ3v) is 4.69. The van der Waals surface area contributed by atoms with Gasteiger partial charge < -0.3 is 0 Å². The van der Waals surface area contributed by atoms with Gasteiger partial charge in [0.1, 0.15) is 0 Å². The molecule has 0 aliphatic heterocycles. The Balaban J connectivity index is 3.12. The van der Waals surface area contributed by atoms with Gasteiger partial charge in [-0.25, -0.2) is 0 Å². The first kappa shape index (κ1) is 17.0. The van der Waals surface area contributed by atoms with Crippen molar-refractivity contribution in [1.82, 2.24) is 0 Å². The fourth-order valence-electron chi connectivity index (χ4n) is 2.21. The van der Waals surface area contributed by atoms with Crippen LogP contribution < -0.4 is 0 Å². The third kappa shape index (κ3) is 13.1. The molecule has 0 spiro atoms. The van der Waals surface area contributed by atoms with Gasteiger partial charge in [-0.1, -0.05) is 0 Å². The second-order valence-corrected chi connectivity index (χ2v) is 7.62. The van der Waals surface area contributed by atoms with Crippen molar-refractivity contribution in [2.45, 2.75) is 88.1 Å². The monoisotopic (exact) mass is 234 g/mol. The van der Waals surface area contributed by atoms with E-state index in [2.05, 4.69) is 20.8 Å². The number of hydrogen-bond acceptors (Lipinski definition) is 0. The topological polar surface area (TPSA) is 0 Å². The molecule has 0 saturated heterocycles. The van der Waals surface area contributed by atoms with E-state index in [4.69, 9.17) is 0 Å². The molecule has 0 fully saturated rings. The predicted octanol–water partition coefficient (Wildman–Crippen LogP) is 5.52. The summed E-state index contributed by atoms with van der Waals surface area (Å²) in [5, 5.41) is 0. The standard InChI is InChI=1S/C15H31.Na/c1-4-5-6-7-8-9-10-11-12-13-14-15(2)3;/h12,15H,4-11,13-14H2,1-3H3;. The van der Waals surface area contributed by atoms with Gasteiger partial charge in [-0.2, -0.15) is 0 Å². The molecule has 0 rings (SSSR count). The number of rotatable bonds is 11. The van der Waals surface area contributed by atoms with E-state index in [0.29, 0.717) is 0 Å². The fourth-order valence-corrected chi connectivity index (χ4v) is 2.95. The second-order valence-electron chi connectivity index (χ2n) is 5.99. The van der Waals surface area contributed by atoms with Gasteiger partial charge in [-0.05, 0) is 0 Å². The second kappa shape index (κ2) is 12.5. The summed E-state index contributed by atoms with van der Waals surface area (Å²) < 4.78 is 1.10. The summed E-state index contributed by atoms with van der Waals surface area (Å²) in [6, 6.07) is 0. The maximum atomic E-state index is 2.35. The molecule has 0 radical (unpaired) electrons. The Hall–Kier alpha value is 1.00. The molecule has 0 saturated carbocycles. The Morgan fingerprint density at radius 3 is 1.88 bits per heavy atom. The van der Waals surface area contributed by atoms with Crippen LogP contribution in [0.5, 0.6) is 0 Å². The molecule has 0 aromatic heterocycles. The van der Waals surface area contributed by atoms with E-state index in [-0.39, 0.29) is 0 Å². The van der Waals surface area contributed by atoms with Crippen LogP contribution in [0, 0.1) is 5.92 Å². The Kier molecular flexibility index (Phi) is 13.2. The van der Waals surface area contributed by atoms with Gasteiger partial charge in [0.05, 0.1) is 0 Å². The number of hydrogen-bond donors (Lipinski definition) is 0. The van der Waals surface area contributed by atoms with E-state index in [1.54, 1.807) is 0 Å². The van der Waals surface area contributed by atoms with E-state index in [1.165, 1.54) is 92.1 Å². The van der Waals surface area contributed by atoms with E-state index in [0.717, 1.165) is 9.09 Å². The van der Waals surface area contributed by atoms with Crippen LogP contribution >= 0.6 is 0 Å². The summed E-state index contributed by atoms with van der Waals surface area (Å²) in [6.45, 7) is 6.99. The minimum atomic E-state index is 0.908. The van der Waals surface area contributed by atoms with Gasteiger partial charge in [0, 0.05) is 0 Å². The van der Waals surface area contributed by atoms with E-state index in [9.17, 15) is 0 Å². The van der Waals surface area contributed by atoms with Crippen molar-refractivity contribution in [3.05, 3.63) is 0 Å². The minimum absolute atomic E-state index is 0.908. The van der Waals surface area contributed by atoms with Crippen LogP contribution in [0.1, 0.15) is 85.0 Å². The molecule has 0 aliphatic carbocycles. The first-order chi connectivity index (χ1) is 7.66. The van der Waals surface area contributed by atoms with Crippen molar-refractivity contribution < 1.29 is 0 Å². The normalized spacial score (nSPS) is 13.4. The molecule has 0 N–H and O–H groups in total. The van der Waals surface area contributed by atoms with Gasteiger partial charge in [-0.15, -0.1) is 0 Å². The summed E-state index contributed by atoms with van der Waals surface area (Å²) in [6.07, 6.45) is 14.7. The Bertz CT molecular complexity index is 131. The molecular weight excluding hydrogens is 203 g/mol. The molecule has 0 aliphatic rings. The average molecular weight is 234 g/mol. The molecule has 0 heterocycles. The molecule has 0 bridgehead atoms. The predicted molar refractivity (Wildman–Crippen MR) is 76.2 cm³/mol. The molecule has 1 heteroatoms. The maximum absolute atomic E-state index is 2.35. The first-order valence-corrected chi connectivity index (χ1v) is 8.82. The average Bonchev–Trinajstić information content (AvgIpc) is 2.25. The van der Waals surface area contributed by atoms with Crippen molar-refractivity contribution in [3.8, 4) is 0 Å². The van der Waals surface area contributed by atoms with Crippen molar-refractivity contribution in [2.75, 3.05) is 0 Å². The SMILES string of the molecule is CCCCCCCCC[CH]([Na])CCC(C)C.